The minimum absolute atomic E-state index is 0.0774. The summed E-state index contributed by atoms with van der Waals surface area (Å²) in [6.45, 7) is 6.57. The van der Waals surface area contributed by atoms with E-state index in [1.807, 2.05) is 13.8 Å². The van der Waals surface area contributed by atoms with Crippen LogP contribution in [-0.2, 0) is 6.18 Å². The molecule has 0 saturated carbocycles. The van der Waals surface area contributed by atoms with Gasteiger partial charge < -0.3 is 5.32 Å². The van der Waals surface area contributed by atoms with Crippen molar-refractivity contribution in [2.24, 2.45) is 0 Å². The van der Waals surface area contributed by atoms with Gasteiger partial charge in [-0.1, -0.05) is 13.8 Å². The molecule has 1 aliphatic heterocycles. The van der Waals surface area contributed by atoms with Gasteiger partial charge in [-0.15, -0.1) is 0 Å². The van der Waals surface area contributed by atoms with Crippen LogP contribution in [0.4, 0.5) is 18.9 Å². The molecule has 0 radical (unpaired) electrons. The number of fused-ring (bicyclic) bond motifs is 1. The molecular formula is C14H19F3N2. The van der Waals surface area contributed by atoms with Gasteiger partial charge in [0, 0.05) is 18.3 Å². The third-order valence-corrected chi connectivity index (χ3v) is 3.72. The van der Waals surface area contributed by atoms with Gasteiger partial charge in [0.15, 0.2) is 0 Å². The topological polar surface area (TPSA) is 15.3 Å². The van der Waals surface area contributed by atoms with Gasteiger partial charge in [-0.2, -0.15) is 13.2 Å². The summed E-state index contributed by atoms with van der Waals surface area (Å²) >= 11 is 0. The molecule has 1 aromatic carbocycles. The largest absolute Gasteiger partial charge is 0.416 e. The van der Waals surface area contributed by atoms with E-state index in [2.05, 4.69) is 10.2 Å². The third kappa shape index (κ3) is 2.86. The summed E-state index contributed by atoms with van der Waals surface area (Å²) in [5.41, 5.74) is 1.04. The lowest BCUT2D eigenvalue weighted by atomic mass is 9.94. The van der Waals surface area contributed by atoms with E-state index in [-0.39, 0.29) is 6.04 Å². The maximum absolute atomic E-state index is 12.8. The quantitative estimate of drug-likeness (QED) is 0.897. The van der Waals surface area contributed by atoms with Gasteiger partial charge in [-0.25, -0.2) is 0 Å². The van der Waals surface area contributed by atoms with E-state index in [1.165, 1.54) is 6.07 Å². The maximum Gasteiger partial charge on any atom is 0.416 e. The Morgan fingerprint density at radius 2 is 1.95 bits per heavy atom. The van der Waals surface area contributed by atoms with E-state index in [9.17, 15) is 13.2 Å². The van der Waals surface area contributed by atoms with Crippen LogP contribution in [0, 0.1) is 0 Å². The number of benzene rings is 1. The van der Waals surface area contributed by atoms with E-state index in [4.69, 9.17) is 0 Å². The smallest absolute Gasteiger partial charge is 0.385 e. The lowest BCUT2D eigenvalue weighted by molar-refractivity contribution is -0.137. The van der Waals surface area contributed by atoms with Crippen LogP contribution in [0.15, 0.2) is 18.2 Å². The number of nitrogens with one attached hydrogen (secondary N) is 1. The van der Waals surface area contributed by atoms with Crippen LogP contribution < -0.4 is 5.32 Å². The fourth-order valence-electron chi connectivity index (χ4n) is 2.72. The molecule has 1 aromatic rings. The van der Waals surface area contributed by atoms with Crippen molar-refractivity contribution in [3.8, 4) is 0 Å². The average Bonchev–Trinajstić information content (AvgIpc) is 2.39. The van der Waals surface area contributed by atoms with Crippen LogP contribution in [0.25, 0.3) is 0 Å². The third-order valence-electron chi connectivity index (χ3n) is 3.72. The molecule has 0 fully saturated rings. The van der Waals surface area contributed by atoms with Crippen LogP contribution >= 0.6 is 0 Å². The second-order valence-electron chi connectivity index (χ2n) is 4.75. The second kappa shape index (κ2) is 5.41. The number of hydrogen-bond acceptors (Lipinski definition) is 2. The predicted molar refractivity (Wildman–Crippen MR) is 70.2 cm³/mol. The summed E-state index contributed by atoms with van der Waals surface area (Å²) in [7, 11) is 0. The summed E-state index contributed by atoms with van der Waals surface area (Å²) in [6.07, 6.45) is -3.43. The van der Waals surface area contributed by atoms with Gasteiger partial charge in [-0.3, -0.25) is 4.90 Å². The molecule has 0 amide bonds. The van der Waals surface area contributed by atoms with Crippen LogP contribution in [0.1, 0.15) is 37.4 Å². The summed E-state index contributed by atoms with van der Waals surface area (Å²) < 4.78 is 38.4. The first-order valence-corrected chi connectivity index (χ1v) is 6.66. The van der Waals surface area contributed by atoms with Gasteiger partial charge in [-0.05, 0) is 43.3 Å². The zero-order valence-electron chi connectivity index (χ0n) is 11.2. The number of halogens is 3. The molecule has 0 saturated heterocycles. The Kier molecular flexibility index (Phi) is 4.04. The molecule has 106 valence electrons. The van der Waals surface area contributed by atoms with Crippen LogP contribution in [0.5, 0.6) is 0 Å². The van der Waals surface area contributed by atoms with Gasteiger partial charge in [0.25, 0.3) is 0 Å². The highest BCUT2D eigenvalue weighted by Gasteiger charge is 2.33. The zero-order valence-corrected chi connectivity index (χ0v) is 11.2. The SMILES string of the molecule is CCN(CC)[C@H]1CCNc2ccc(C(F)(F)F)cc21. The molecule has 1 aliphatic rings. The van der Waals surface area contributed by atoms with Gasteiger partial charge in [0.1, 0.15) is 0 Å². The van der Waals surface area contributed by atoms with Crippen molar-refractivity contribution >= 4 is 5.69 Å². The molecule has 0 aromatic heterocycles. The number of anilines is 1. The Labute approximate surface area is 111 Å². The van der Waals surface area contributed by atoms with Crippen LogP contribution in [0.2, 0.25) is 0 Å². The summed E-state index contributed by atoms with van der Waals surface area (Å²) in [5.74, 6) is 0. The standard InChI is InChI=1S/C14H19F3N2/c1-3-19(4-2)13-7-8-18-12-6-5-10(9-11(12)13)14(15,16)17/h5-6,9,13,18H,3-4,7-8H2,1-2H3/t13-/m0/s1. The maximum atomic E-state index is 12.8. The van der Waals surface area contributed by atoms with E-state index in [0.717, 1.165) is 43.4 Å². The fraction of sp³-hybridized carbons (Fsp3) is 0.571. The van der Waals surface area contributed by atoms with Crippen molar-refractivity contribution in [3.05, 3.63) is 29.3 Å². The molecule has 1 heterocycles. The first kappa shape index (κ1) is 14.2. The van der Waals surface area contributed by atoms with E-state index >= 15 is 0 Å². The monoisotopic (exact) mass is 272 g/mol. The summed E-state index contributed by atoms with van der Waals surface area (Å²) in [6, 6.07) is 4.07. The van der Waals surface area contributed by atoms with Gasteiger partial charge in [0.2, 0.25) is 0 Å². The molecule has 0 aliphatic carbocycles. The molecule has 5 heteroatoms. The van der Waals surface area contributed by atoms with E-state index in [1.54, 1.807) is 6.07 Å². The first-order valence-electron chi connectivity index (χ1n) is 6.66. The highest BCUT2D eigenvalue weighted by atomic mass is 19.4. The number of nitrogens with zero attached hydrogens (tertiary/aromatic N) is 1. The Morgan fingerprint density at radius 1 is 1.26 bits per heavy atom. The normalized spacial score (nSPS) is 19.2. The molecule has 1 atom stereocenters. The van der Waals surface area contributed by atoms with E-state index in [0.29, 0.717) is 0 Å². The molecule has 2 nitrogen and oxygen atoms in total. The van der Waals surface area contributed by atoms with Crippen molar-refractivity contribution < 1.29 is 13.2 Å². The Hall–Kier alpha value is -1.23. The molecule has 1 N–H and O–H groups in total. The van der Waals surface area contributed by atoms with Crippen molar-refractivity contribution in [2.75, 3.05) is 25.0 Å². The average molecular weight is 272 g/mol. The lowest BCUT2D eigenvalue weighted by Gasteiger charge is -2.35. The first-order chi connectivity index (χ1) is 8.97. The minimum atomic E-state index is -4.28. The number of alkyl halides is 3. The minimum Gasteiger partial charge on any atom is -0.385 e. The Bertz CT molecular complexity index is 439. The van der Waals surface area contributed by atoms with Crippen molar-refractivity contribution in [1.82, 2.24) is 4.90 Å². The number of rotatable bonds is 3. The molecule has 2 rings (SSSR count). The molecule has 0 bridgehead atoms. The van der Waals surface area contributed by atoms with E-state index < -0.39 is 11.7 Å². The van der Waals surface area contributed by atoms with Crippen molar-refractivity contribution in [2.45, 2.75) is 32.5 Å². The highest BCUT2D eigenvalue weighted by Crippen LogP contribution is 2.38. The van der Waals surface area contributed by atoms with Crippen molar-refractivity contribution in [1.29, 1.82) is 0 Å². The summed E-state index contributed by atoms with van der Waals surface area (Å²) in [4.78, 5) is 2.21. The lowest BCUT2D eigenvalue weighted by Crippen LogP contribution is -2.33. The fourth-order valence-corrected chi connectivity index (χ4v) is 2.72. The Morgan fingerprint density at radius 3 is 2.53 bits per heavy atom. The summed E-state index contributed by atoms with van der Waals surface area (Å²) in [5, 5.41) is 3.18. The van der Waals surface area contributed by atoms with Gasteiger partial charge >= 0.3 is 6.18 Å². The Balaban J connectivity index is 2.41. The van der Waals surface area contributed by atoms with Gasteiger partial charge in [0.05, 0.1) is 5.56 Å². The second-order valence-corrected chi connectivity index (χ2v) is 4.75. The van der Waals surface area contributed by atoms with Crippen molar-refractivity contribution in [3.63, 3.8) is 0 Å². The van der Waals surface area contributed by atoms with Crippen LogP contribution in [0.3, 0.4) is 0 Å². The molecule has 19 heavy (non-hydrogen) atoms. The molecular weight excluding hydrogens is 253 g/mol. The number of hydrogen-bond donors (Lipinski definition) is 1. The highest BCUT2D eigenvalue weighted by molar-refractivity contribution is 5.56. The predicted octanol–water partition coefficient (Wildman–Crippen LogP) is 3.90. The molecule has 0 unspecified atom stereocenters. The molecule has 0 spiro atoms. The van der Waals surface area contributed by atoms with Crippen LogP contribution in [-0.4, -0.2) is 24.5 Å². The zero-order chi connectivity index (χ0) is 14.0.